The summed E-state index contributed by atoms with van der Waals surface area (Å²) in [6.07, 6.45) is 1.95. The highest BCUT2D eigenvalue weighted by Crippen LogP contribution is 2.27. The third kappa shape index (κ3) is 1.18. The molecule has 0 aliphatic carbocycles. The number of imidazole rings is 1. The fourth-order valence-electron chi connectivity index (χ4n) is 1.70. The van der Waals surface area contributed by atoms with Crippen LogP contribution < -0.4 is 5.73 Å². The van der Waals surface area contributed by atoms with Gasteiger partial charge in [-0.3, -0.25) is 4.40 Å². The van der Waals surface area contributed by atoms with Crippen LogP contribution in [0.15, 0.2) is 16.2 Å². The van der Waals surface area contributed by atoms with Crippen LogP contribution in [0, 0.1) is 6.92 Å². The van der Waals surface area contributed by atoms with E-state index in [1.807, 2.05) is 22.9 Å². The number of fused-ring (bicyclic) bond motifs is 1. The Morgan fingerprint density at radius 3 is 3.19 bits per heavy atom. The number of thiazole rings is 1. The Labute approximate surface area is 94.7 Å². The Balaban J connectivity index is 2.32. The van der Waals surface area contributed by atoms with E-state index in [4.69, 9.17) is 10.4 Å². The van der Waals surface area contributed by atoms with E-state index in [9.17, 15) is 0 Å². The van der Waals surface area contributed by atoms with E-state index in [1.165, 1.54) is 0 Å². The molecule has 3 rings (SSSR count). The van der Waals surface area contributed by atoms with Crippen molar-refractivity contribution in [2.75, 3.05) is 0 Å². The van der Waals surface area contributed by atoms with Gasteiger partial charge in [0.2, 0.25) is 0 Å². The zero-order valence-electron chi connectivity index (χ0n) is 8.54. The van der Waals surface area contributed by atoms with Crippen LogP contribution in [0.4, 0.5) is 0 Å². The van der Waals surface area contributed by atoms with E-state index < -0.39 is 0 Å². The first-order valence-electron chi connectivity index (χ1n) is 4.75. The van der Waals surface area contributed by atoms with Crippen molar-refractivity contribution >= 4 is 16.3 Å². The zero-order valence-corrected chi connectivity index (χ0v) is 9.36. The van der Waals surface area contributed by atoms with Crippen molar-refractivity contribution in [3.05, 3.63) is 23.0 Å². The van der Waals surface area contributed by atoms with E-state index in [0.717, 1.165) is 16.3 Å². The molecular weight excluding hydrogens is 226 g/mol. The summed E-state index contributed by atoms with van der Waals surface area (Å²) in [5, 5.41) is 9.64. The summed E-state index contributed by atoms with van der Waals surface area (Å²) in [4.78, 5) is 5.36. The average molecular weight is 235 g/mol. The summed E-state index contributed by atoms with van der Waals surface area (Å²) >= 11 is 1.57. The molecule has 2 N–H and O–H groups in total. The van der Waals surface area contributed by atoms with E-state index in [0.29, 0.717) is 17.9 Å². The van der Waals surface area contributed by atoms with Crippen LogP contribution in [0.2, 0.25) is 0 Å². The summed E-state index contributed by atoms with van der Waals surface area (Å²) in [6.45, 7) is 2.24. The van der Waals surface area contributed by atoms with Gasteiger partial charge in [0.15, 0.2) is 10.7 Å². The minimum absolute atomic E-state index is 0.301. The van der Waals surface area contributed by atoms with Gasteiger partial charge >= 0.3 is 0 Å². The van der Waals surface area contributed by atoms with E-state index in [1.54, 1.807) is 11.3 Å². The first kappa shape index (κ1) is 9.49. The van der Waals surface area contributed by atoms with E-state index in [-0.39, 0.29) is 0 Å². The monoisotopic (exact) mass is 235 g/mol. The summed E-state index contributed by atoms with van der Waals surface area (Å²) in [7, 11) is 0. The molecule has 7 heteroatoms. The maximum absolute atomic E-state index is 5.58. The summed E-state index contributed by atoms with van der Waals surface area (Å²) in [5.41, 5.74) is 8.70. The highest BCUT2D eigenvalue weighted by molar-refractivity contribution is 7.15. The molecule has 3 heterocycles. The molecular formula is C9H9N5OS. The molecule has 82 valence electrons. The van der Waals surface area contributed by atoms with Gasteiger partial charge in [0.1, 0.15) is 11.4 Å². The molecule has 6 nitrogen and oxygen atoms in total. The van der Waals surface area contributed by atoms with Crippen molar-refractivity contribution in [3.8, 4) is 11.4 Å². The van der Waals surface area contributed by atoms with Crippen LogP contribution in [0.5, 0.6) is 0 Å². The lowest BCUT2D eigenvalue weighted by atomic mass is 10.2. The largest absolute Gasteiger partial charge is 0.325 e. The number of hydrogen-bond donors (Lipinski definition) is 1. The van der Waals surface area contributed by atoms with Gasteiger partial charge in [0.05, 0.1) is 5.69 Å². The van der Waals surface area contributed by atoms with Crippen LogP contribution in [0.1, 0.15) is 11.4 Å². The van der Waals surface area contributed by atoms with Gasteiger partial charge in [-0.1, -0.05) is 5.16 Å². The van der Waals surface area contributed by atoms with Gasteiger partial charge in [-0.15, -0.1) is 11.3 Å². The third-order valence-corrected chi connectivity index (χ3v) is 3.17. The molecule has 3 aromatic heterocycles. The molecule has 0 saturated heterocycles. The second-order valence-electron chi connectivity index (χ2n) is 3.37. The molecule has 0 unspecified atom stereocenters. The van der Waals surface area contributed by atoms with Crippen molar-refractivity contribution in [2.45, 2.75) is 13.5 Å². The maximum atomic E-state index is 5.58. The lowest BCUT2D eigenvalue weighted by molar-refractivity contribution is 0.304. The Kier molecular flexibility index (Phi) is 2.01. The molecule has 0 aromatic carbocycles. The predicted octanol–water partition coefficient (Wildman–Crippen LogP) is 1.21. The van der Waals surface area contributed by atoms with Gasteiger partial charge in [-0.05, 0) is 12.1 Å². The molecule has 0 fully saturated rings. The normalized spacial score (nSPS) is 11.4. The number of hydrogen-bond acceptors (Lipinski definition) is 6. The maximum Gasteiger partial charge on any atom is 0.194 e. The first-order chi connectivity index (χ1) is 7.81. The van der Waals surface area contributed by atoms with Gasteiger partial charge < -0.3 is 5.73 Å². The van der Waals surface area contributed by atoms with Gasteiger partial charge in [0, 0.05) is 18.1 Å². The molecule has 0 saturated carbocycles. The number of rotatable bonds is 2. The van der Waals surface area contributed by atoms with Crippen LogP contribution in [0.25, 0.3) is 16.3 Å². The van der Waals surface area contributed by atoms with Gasteiger partial charge in [0.25, 0.3) is 0 Å². The number of aromatic nitrogens is 4. The third-order valence-electron chi connectivity index (χ3n) is 2.41. The molecule has 0 atom stereocenters. The Hall–Kier alpha value is -1.73. The SMILES string of the molecule is Cc1nc2sccn2c1-c1nonc1CN. The predicted molar refractivity (Wildman–Crippen MR) is 59.0 cm³/mol. The molecule has 0 radical (unpaired) electrons. The minimum Gasteiger partial charge on any atom is -0.325 e. The Morgan fingerprint density at radius 1 is 1.50 bits per heavy atom. The molecule has 3 aromatic rings. The molecule has 0 spiro atoms. The highest BCUT2D eigenvalue weighted by atomic mass is 32.1. The highest BCUT2D eigenvalue weighted by Gasteiger charge is 2.19. The van der Waals surface area contributed by atoms with E-state index >= 15 is 0 Å². The fraction of sp³-hybridized carbons (Fsp3) is 0.222. The molecule has 0 bridgehead atoms. The minimum atomic E-state index is 0.301. The Morgan fingerprint density at radius 2 is 2.38 bits per heavy atom. The fourth-order valence-corrected chi connectivity index (χ4v) is 2.46. The summed E-state index contributed by atoms with van der Waals surface area (Å²) < 4.78 is 6.69. The number of nitrogens with zero attached hydrogens (tertiary/aromatic N) is 4. The summed E-state index contributed by atoms with van der Waals surface area (Å²) in [6, 6.07) is 0. The Bertz CT molecular complexity index is 637. The quantitative estimate of drug-likeness (QED) is 0.722. The van der Waals surface area contributed by atoms with Crippen molar-refractivity contribution < 1.29 is 4.63 Å². The summed E-state index contributed by atoms with van der Waals surface area (Å²) in [5.74, 6) is 0. The molecule has 0 aliphatic rings. The van der Waals surface area contributed by atoms with Crippen LogP contribution >= 0.6 is 11.3 Å². The molecule has 16 heavy (non-hydrogen) atoms. The van der Waals surface area contributed by atoms with Gasteiger partial charge in [-0.25, -0.2) is 9.61 Å². The van der Waals surface area contributed by atoms with Crippen LogP contribution in [0.3, 0.4) is 0 Å². The number of aryl methyl sites for hydroxylation is 1. The second kappa shape index (κ2) is 3.39. The molecule has 0 aliphatic heterocycles. The van der Waals surface area contributed by atoms with Crippen molar-refractivity contribution in [1.29, 1.82) is 0 Å². The number of nitrogens with two attached hydrogens (primary N) is 1. The second-order valence-corrected chi connectivity index (χ2v) is 4.24. The van der Waals surface area contributed by atoms with Crippen LogP contribution in [-0.4, -0.2) is 19.7 Å². The zero-order chi connectivity index (χ0) is 11.1. The van der Waals surface area contributed by atoms with Crippen molar-refractivity contribution in [2.24, 2.45) is 5.73 Å². The lowest BCUT2D eigenvalue weighted by Crippen LogP contribution is -2.00. The molecule has 0 amide bonds. The standard InChI is InChI=1S/C9H9N5OS/c1-5-8(7-6(4-10)12-15-13-7)14-2-3-16-9(14)11-5/h2-3H,4,10H2,1H3. The van der Waals surface area contributed by atoms with E-state index in [2.05, 4.69) is 15.3 Å². The smallest absolute Gasteiger partial charge is 0.194 e. The van der Waals surface area contributed by atoms with Crippen LogP contribution in [-0.2, 0) is 6.54 Å². The van der Waals surface area contributed by atoms with Crippen molar-refractivity contribution in [3.63, 3.8) is 0 Å². The lowest BCUT2D eigenvalue weighted by Gasteiger charge is -1.96. The topological polar surface area (TPSA) is 82.2 Å². The van der Waals surface area contributed by atoms with Crippen molar-refractivity contribution in [1.82, 2.24) is 19.7 Å². The first-order valence-corrected chi connectivity index (χ1v) is 5.63. The van der Waals surface area contributed by atoms with Gasteiger partial charge in [-0.2, -0.15) is 0 Å². The average Bonchev–Trinajstić information content (AvgIpc) is 2.91.